The molecule has 5 heteroatoms. The van der Waals surface area contributed by atoms with E-state index in [4.69, 9.17) is 4.74 Å². The first-order valence-electron chi connectivity index (χ1n) is 7.46. The molecule has 0 aliphatic heterocycles. The lowest BCUT2D eigenvalue weighted by Crippen LogP contribution is -2.15. The van der Waals surface area contributed by atoms with Crippen LogP contribution in [0.4, 0.5) is 0 Å². The Morgan fingerprint density at radius 3 is 2.78 bits per heavy atom. The number of aromatic hydroxyl groups is 1. The Morgan fingerprint density at radius 2 is 2.09 bits per heavy atom. The molecule has 2 N–H and O–H groups in total. The molecule has 0 aliphatic rings. The van der Waals surface area contributed by atoms with Gasteiger partial charge in [0.15, 0.2) is 0 Å². The SMILES string of the molecule is CC(=O)O[C@H](C)Cc1c(C)c(O)cc2c1[nH]c1ccc(Br)cc12. The molecule has 0 fully saturated rings. The lowest BCUT2D eigenvalue weighted by Gasteiger charge is -2.15. The van der Waals surface area contributed by atoms with Crippen molar-refractivity contribution in [3.63, 3.8) is 0 Å². The summed E-state index contributed by atoms with van der Waals surface area (Å²) >= 11 is 3.49. The number of aromatic amines is 1. The highest BCUT2D eigenvalue weighted by Crippen LogP contribution is 2.36. The monoisotopic (exact) mass is 375 g/mol. The zero-order valence-electron chi connectivity index (χ0n) is 13.2. The molecule has 1 aromatic heterocycles. The van der Waals surface area contributed by atoms with Crippen LogP contribution in [0.15, 0.2) is 28.7 Å². The van der Waals surface area contributed by atoms with Gasteiger partial charge < -0.3 is 14.8 Å². The molecular formula is C18H18BrNO3. The Hall–Kier alpha value is -2.01. The van der Waals surface area contributed by atoms with Crippen molar-refractivity contribution in [2.75, 3.05) is 0 Å². The van der Waals surface area contributed by atoms with Crippen LogP contribution >= 0.6 is 15.9 Å². The van der Waals surface area contributed by atoms with Crippen molar-refractivity contribution in [2.45, 2.75) is 33.3 Å². The standard InChI is InChI=1S/C18H18BrNO3/c1-9(23-11(3)21)6-13-10(2)17(22)8-15-14-7-12(19)4-5-16(14)20-18(13)15/h4-5,7-9,20,22H,6H2,1-3H3/t9-/m1/s1. The molecule has 0 aliphatic carbocycles. The number of hydrogen-bond donors (Lipinski definition) is 2. The van der Waals surface area contributed by atoms with E-state index in [0.29, 0.717) is 6.42 Å². The van der Waals surface area contributed by atoms with Crippen LogP contribution in [-0.4, -0.2) is 22.2 Å². The number of ether oxygens (including phenoxy) is 1. The molecule has 0 bridgehead atoms. The summed E-state index contributed by atoms with van der Waals surface area (Å²) < 4.78 is 6.24. The number of hydrogen-bond acceptors (Lipinski definition) is 3. The second-order valence-corrected chi connectivity index (χ2v) is 6.78. The van der Waals surface area contributed by atoms with Gasteiger partial charge in [0.05, 0.1) is 5.52 Å². The van der Waals surface area contributed by atoms with Gasteiger partial charge in [-0.05, 0) is 49.2 Å². The van der Waals surface area contributed by atoms with Crippen LogP contribution in [0, 0.1) is 6.92 Å². The minimum absolute atomic E-state index is 0.253. The number of carbonyl (C=O) groups is 1. The summed E-state index contributed by atoms with van der Waals surface area (Å²) in [7, 11) is 0. The highest BCUT2D eigenvalue weighted by Gasteiger charge is 2.17. The van der Waals surface area contributed by atoms with Gasteiger partial charge in [-0.1, -0.05) is 15.9 Å². The van der Waals surface area contributed by atoms with Gasteiger partial charge >= 0.3 is 5.97 Å². The average molecular weight is 376 g/mol. The summed E-state index contributed by atoms with van der Waals surface area (Å²) in [4.78, 5) is 14.6. The molecule has 0 saturated heterocycles. The van der Waals surface area contributed by atoms with E-state index < -0.39 is 0 Å². The molecule has 0 saturated carbocycles. The van der Waals surface area contributed by atoms with E-state index in [1.165, 1.54) is 6.92 Å². The Morgan fingerprint density at radius 1 is 1.35 bits per heavy atom. The van der Waals surface area contributed by atoms with Crippen LogP contribution in [0.1, 0.15) is 25.0 Å². The third-order valence-electron chi connectivity index (χ3n) is 4.08. The van der Waals surface area contributed by atoms with Crippen molar-refractivity contribution in [1.82, 2.24) is 4.98 Å². The van der Waals surface area contributed by atoms with E-state index >= 15 is 0 Å². The van der Waals surface area contributed by atoms with Gasteiger partial charge in [0, 0.05) is 34.1 Å². The van der Waals surface area contributed by atoms with E-state index in [1.807, 2.05) is 32.0 Å². The van der Waals surface area contributed by atoms with E-state index in [1.54, 1.807) is 6.07 Å². The van der Waals surface area contributed by atoms with Crippen LogP contribution in [0.2, 0.25) is 0 Å². The lowest BCUT2D eigenvalue weighted by atomic mass is 9.98. The number of rotatable bonds is 3. The predicted octanol–water partition coefficient (Wildman–Crippen LogP) is 4.59. The number of H-pyrrole nitrogens is 1. The van der Waals surface area contributed by atoms with Crippen molar-refractivity contribution in [1.29, 1.82) is 0 Å². The van der Waals surface area contributed by atoms with E-state index in [-0.39, 0.29) is 17.8 Å². The molecule has 1 heterocycles. The highest BCUT2D eigenvalue weighted by atomic mass is 79.9. The maximum absolute atomic E-state index is 11.2. The van der Waals surface area contributed by atoms with E-state index in [0.717, 1.165) is 37.4 Å². The quantitative estimate of drug-likeness (QED) is 0.657. The average Bonchev–Trinajstić information content (AvgIpc) is 2.81. The Bertz CT molecular complexity index is 914. The Labute approximate surface area is 142 Å². The Balaban J connectivity index is 2.21. The lowest BCUT2D eigenvalue weighted by molar-refractivity contribution is -0.145. The first-order valence-corrected chi connectivity index (χ1v) is 8.25. The molecular weight excluding hydrogens is 358 g/mol. The number of esters is 1. The van der Waals surface area contributed by atoms with Crippen LogP contribution in [0.25, 0.3) is 21.8 Å². The molecule has 1 atom stereocenters. The zero-order chi connectivity index (χ0) is 16.7. The molecule has 23 heavy (non-hydrogen) atoms. The maximum atomic E-state index is 11.2. The maximum Gasteiger partial charge on any atom is 0.302 e. The fourth-order valence-electron chi connectivity index (χ4n) is 3.03. The number of phenolic OH excluding ortho intramolecular Hbond substituents is 1. The van der Waals surface area contributed by atoms with E-state index in [2.05, 4.69) is 20.9 Å². The van der Waals surface area contributed by atoms with E-state index in [9.17, 15) is 9.90 Å². The molecule has 0 unspecified atom stereocenters. The first kappa shape index (κ1) is 15.9. The summed E-state index contributed by atoms with van der Waals surface area (Å²) in [5, 5.41) is 12.3. The molecule has 0 radical (unpaired) electrons. The second kappa shape index (κ2) is 5.89. The van der Waals surface area contributed by atoms with Crippen LogP contribution in [0.5, 0.6) is 5.75 Å². The van der Waals surface area contributed by atoms with Crippen molar-refractivity contribution < 1.29 is 14.6 Å². The van der Waals surface area contributed by atoms with Gasteiger partial charge in [0.25, 0.3) is 0 Å². The van der Waals surface area contributed by atoms with Gasteiger partial charge in [0.1, 0.15) is 11.9 Å². The normalized spacial score (nSPS) is 12.7. The third kappa shape index (κ3) is 2.93. The molecule has 3 aromatic rings. The number of nitrogens with one attached hydrogen (secondary N) is 1. The van der Waals surface area contributed by atoms with Crippen LogP contribution < -0.4 is 0 Å². The summed E-state index contributed by atoms with van der Waals surface area (Å²) in [6.07, 6.45) is 0.291. The summed E-state index contributed by atoms with van der Waals surface area (Å²) in [5.41, 5.74) is 3.77. The zero-order valence-corrected chi connectivity index (χ0v) is 14.8. The molecule has 120 valence electrons. The first-order chi connectivity index (χ1) is 10.9. The fourth-order valence-corrected chi connectivity index (χ4v) is 3.39. The second-order valence-electron chi connectivity index (χ2n) is 5.86. The fraction of sp³-hybridized carbons (Fsp3) is 0.278. The highest BCUT2D eigenvalue weighted by molar-refractivity contribution is 9.10. The summed E-state index contributed by atoms with van der Waals surface area (Å²) in [6.45, 7) is 5.14. The topological polar surface area (TPSA) is 62.3 Å². The predicted molar refractivity (Wildman–Crippen MR) is 94.8 cm³/mol. The van der Waals surface area contributed by atoms with Gasteiger partial charge in [-0.3, -0.25) is 4.79 Å². The third-order valence-corrected chi connectivity index (χ3v) is 4.57. The number of carbonyl (C=O) groups excluding carboxylic acids is 1. The van der Waals surface area contributed by atoms with Gasteiger partial charge in [-0.15, -0.1) is 0 Å². The number of phenols is 1. The largest absolute Gasteiger partial charge is 0.508 e. The number of benzene rings is 2. The number of fused-ring (bicyclic) bond motifs is 3. The van der Waals surface area contributed by atoms with Crippen LogP contribution in [-0.2, 0) is 16.0 Å². The molecule has 0 spiro atoms. The van der Waals surface area contributed by atoms with Gasteiger partial charge in [-0.2, -0.15) is 0 Å². The van der Waals surface area contributed by atoms with Crippen LogP contribution in [0.3, 0.4) is 0 Å². The number of halogens is 1. The van der Waals surface area contributed by atoms with Gasteiger partial charge in [-0.25, -0.2) is 0 Å². The Kier molecular flexibility index (Phi) is 4.06. The van der Waals surface area contributed by atoms with Crippen molar-refractivity contribution in [2.24, 2.45) is 0 Å². The van der Waals surface area contributed by atoms with Crippen molar-refractivity contribution in [3.05, 3.63) is 39.9 Å². The minimum Gasteiger partial charge on any atom is -0.508 e. The molecule has 0 amide bonds. The minimum atomic E-state index is -0.299. The van der Waals surface area contributed by atoms with Crippen molar-refractivity contribution in [3.8, 4) is 5.75 Å². The van der Waals surface area contributed by atoms with Gasteiger partial charge in [0.2, 0.25) is 0 Å². The number of aromatic nitrogens is 1. The summed E-state index contributed by atoms with van der Waals surface area (Å²) in [6, 6.07) is 7.80. The summed E-state index contributed by atoms with van der Waals surface area (Å²) in [5.74, 6) is -0.0458. The molecule has 2 aromatic carbocycles. The smallest absolute Gasteiger partial charge is 0.302 e. The molecule has 4 nitrogen and oxygen atoms in total. The van der Waals surface area contributed by atoms with Crippen molar-refractivity contribution >= 4 is 43.7 Å². The molecule has 3 rings (SSSR count).